The van der Waals surface area contributed by atoms with E-state index in [4.69, 9.17) is 20.6 Å². The molecule has 4 heteroatoms. The van der Waals surface area contributed by atoms with Gasteiger partial charge in [-0.25, -0.2) is 0 Å². The summed E-state index contributed by atoms with van der Waals surface area (Å²) in [6.45, 7) is 7.04. The molecule has 0 radical (unpaired) electrons. The summed E-state index contributed by atoms with van der Waals surface area (Å²) >= 11 is 0. The van der Waals surface area contributed by atoms with Gasteiger partial charge < -0.3 is 15.2 Å². The number of rotatable bonds is 7. The van der Waals surface area contributed by atoms with Crippen molar-refractivity contribution in [1.29, 1.82) is 5.41 Å². The van der Waals surface area contributed by atoms with Gasteiger partial charge in [0.2, 0.25) is 0 Å². The zero-order valence-electron chi connectivity index (χ0n) is 11.3. The van der Waals surface area contributed by atoms with E-state index >= 15 is 0 Å². The maximum atomic E-state index is 7.46. The third-order valence-electron chi connectivity index (χ3n) is 2.86. The summed E-state index contributed by atoms with van der Waals surface area (Å²) in [6, 6.07) is 7.53. The molecule has 0 aliphatic heterocycles. The van der Waals surface area contributed by atoms with Crippen molar-refractivity contribution >= 4 is 5.84 Å². The summed E-state index contributed by atoms with van der Waals surface area (Å²) in [5, 5.41) is 7.46. The Labute approximate surface area is 109 Å². The Balaban J connectivity index is 2.42. The van der Waals surface area contributed by atoms with Crippen molar-refractivity contribution in [2.24, 2.45) is 11.1 Å². The second kappa shape index (κ2) is 6.28. The van der Waals surface area contributed by atoms with Crippen molar-refractivity contribution in [3.63, 3.8) is 0 Å². The zero-order valence-corrected chi connectivity index (χ0v) is 11.3. The van der Waals surface area contributed by atoms with Gasteiger partial charge >= 0.3 is 0 Å². The molecule has 0 aliphatic carbocycles. The first-order chi connectivity index (χ1) is 8.45. The fourth-order valence-electron chi connectivity index (χ4n) is 1.36. The van der Waals surface area contributed by atoms with Crippen LogP contribution in [0.2, 0.25) is 0 Å². The average molecular weight is 250 g/mol. The van der Waals surface area contributed by atoms with E-state index in [0.717, 1.165) is 17.9 Å². The molecule has 1 rings (SSSR count). The molecule has 0 aromatic heterocycles. The van der Waals surface area contributed by atoms with Crippen molar-refractivity contribution in [2.45, 2.75) is 27.2 Å². The molecule has 0 aliphatic rings. The van der Waals surface area contributed by atoms with E-state index in [1.807, 2.05) is 45.0 Å². The highest BCUT2D eigenvalue weighted by atomic mass is 16.5. The third kappa shape index (κ3) is 4.28. The first-order valence-corrected chi connectivity index (χ1v) is 6.16. The second-order valence-corrected chi connectivity index (χ2v) is 4.80. The average Bonchev–Trinajstić information content (AvgIpc) is 2.31. The summed E-state index contributed by atoms with van der Waals surface area (Å²) in [7, 11) is 0. The molecule has 3 N–H and O–H groups in total. The van der Waals surface area contributed by atoms with Gasteiger partial charge in [-0.3, -0.25) is 5.41 Å². The van der Waals surface area contributed by atoms with Gasteiger partial charge in [0.25, 0.3) is 0 Å². The van der Waals surface area contributed by atoms with Crippen LogP contribution in [0.15, 0.2) is 24.3 Å². The van der Waals surface area contributed by atoms with E-state index in [9.17, 15) is 0 Å². The number of amidine groups is 1. The first-order valence-electron chi connectivity index (χ1n) is 6.16. The molecule has 100 valence electrons. The summed E-state index contributed by atoms with van der Waals surface area (Å²) < 4.78 is 11.0. The number of nitrogens with two attached hydrogens (primary N) is 1. The van der Waals surface area contributed by atoms with E-state index in [1.165, 1.54) is 0 Å². The fraction of sp³-hybridized carbons (Fsp3) is 0.500. The molecule has 0 bridgehead atoms. The van der Waals surface area contributed by atoms with Crippen LogP contribution in [0.1, 0.15) is 27.2 Å². The lowest BCUT2D eigenvalue weighted by molar-refractivity contribution is 0.268. The monoisotopic (exact) mass is 250 g/mol. The summed E-state index contributed by atoms with van der Waals surface area (Å²) in [4.78, 5) is 0. The molecule has 1 aromatic rings. The standard InChI is InChI=1S/C14H22N2O2/c1-4-17-11-5-7-12(8-6-11)18-10-9-14(2,3)13(15)16/h5-8H,4,9-10H2,1-3H3,(H3,15,16). The molecule has 0 unspecified atom stereocenters. The molecule has 0 saturated heterocycles. The lowest BCUT2D eigenvalue weighted by Crippen LogP contribution is -2.32. The Morgan fingerprint density at radius 1 is 1.17 bits per heavy atom. The maximum absolute atomic E-state index is 7.46. The molecule has 0 saturated carbocycles. The smallest absolute Gasteiger partial charge is 0.119 e. The second-order valence-electron chi connectivity index (χ2n) is 4.80. The number of hydrogen-bond acceptors (Lipinski definition) is 3. The van der Waals surface area contributed by atoms with Crippen LogP contribution in [0.4, 0.5) is 0 Å². The third-order valence-corrected chi connectivity index (χ3v) is 2.86. The molecular weight excluding hydrogens is 228 g/mol. The van der Waals surface area contributed by atoms with Gasteiger partial charge in [-0.05, 0) is 37.6 Å². The quantitative estimate of drug-likeness (QED) is 0.577. The molecule has 0 heterocycles. The Morgan fingerprint density at radius 3 is 2.11 bits per heavy atom. The van der Waals surface area contributed by atoms with Crippen LogP contribution in [0.3, 0.4) is 0 Å². The van der Waals surface area contributed by atoms with E-state index in [0.29, 0.717) is 13.2 Å². The molecule has 0 amide bonds. The van der Waals surface area contributed by atoms with E-state index in [1.54, 1.807) is 0 Å². The van der Waals surface area contributed by atoms with Crippen molar-refractivity contribution < 1.29 is 9.47 Å². The van der Waals surface area contributed by atoms with Gasteiger partial charge in [0.1, 0.15) is 11.5 Å². The van der Waals surface area contributed by atoms with Crippen LogP contribution < -0.4 is 15.2 Å². The van der Waals surface area contributed by atoms with Gasteiger partial charge in [-0.15, -0.1) is 0 Å². The molecular formula is C14H22N2O2. The van der Waals surface area contributed by atoms with Crippen molar-refractivity contribution in [2.75, 3.05) is 13.2 Å². The van der Waals surface area contributed by atoms with Crippen LogP contribution in [-0.2, 0) is 0 Å². The highest BCUT2D eigenvalue weighted by Crippen LogP contribution is 2.22. The summed E-state index contributed by atoms with van der Waals surface area (Å²) in [5.41, 5.74) is 5.20. The lowest BCUT2D eigenvalue weighted by atomic mass is 9.88. The van der Waals surface area contributed by atoms with Crippen LogP contribution in [0, 0.1) is 10.8 Å². The summed E-state index contributed by atoms with van der Waals surface area (Å²) in [5.74, 6) is 1.84. The van der Waals surface area contributed by atoms with Gasteiger partial charge in [-0.2, -0.15) is 0 Å². The van der Waals surface area contributed by atoms with Crippen molar-refractivity contribution in [3.05, 3.63) is 24.3 Å². The lowest BCUT2D eigenvalue weighted by Gasteiger charge is -2.22. The van der Waals surface area contributed by atoms with Gasteiger partial charge in [-0.1, -0.05) is 13.8 Å². The molecule has 1 aromatic carbocycles. The topological polar surface area (TPSA) is 68.3 Å². The van der Waals surface area contributed by atoms with Crippen molar-refractivity contribution in [3.8, 4) is 11.5 Å². The van der Waals surface area contributed by atoms with E-state index < -0.39 is 0 Å². The number of benzene rings is 1. The van der Waals surface area contributed by atoms with Crippen LogP contribution in [0.5, 0.6) is 11.5 Å². The SMILES string of the molecule is CCOc1ccc(OCCC(C)(C)C(=N)N)cc1. The Hall–Kier alpha value is -1.71. The Morgan fingerprint density at radius 2 is 1.67 bits per heavy atom. The Kier molecular flexibility index (Phi) is 5.01. The summed E-state index contributed by atoms with van der Waals surface area (Å²) in [6.07, 6.45) is 0.718. The van der Waals surface area contributed by atoms with Gasteiger partial charge in [0.15, 0.2) is 0 Å². The highest BCUT2D eigenvalue weighted by molar-refractivity contribution is 5.82. The number of nitrogens with one attached hydrogen (secondary N) is 1. The molecule has 0 spiro atoms. The number of hydrogen-bond donors (Lipinski definition) is 2. The molecule has 18 heavy (non-hydrogen) atoms. The first kappa shape index (κ1) is 14.4. The largest absolute Gasteiger partial charge is 0.494 e. The predicted octanol–water partition coefficient (Wildman–Crippen LogP) is 2.82. The van der Waals surface area contributed by atoms with E-state index in [-0.39, 0.29) is 11.3 Å². The Bertz CT molecular complexity index is 385. The fourth-order valence-corrected chi connectivity index (χ4v) is 1.36. The van der Waals surface area contributed by atoms with Gasteiger partial charge in [0.05, 0.1) is 19.0 Å². The minimum atomic E-state index is -0.314. The van der Waals surface area contributed by atoms with Crippen LogP contribution in [0.25, 0.3) is 0 Å². The molecule has 0 atom stereocenters. The normalized spacial score (nSPS) is 11.1. The van der Waals surface area contributed by atoms with Crippen molar-refractivity contribution in [1.82, 2.24) is 0 Å². The van der Waals surface area contributed by atoms with Crippen LogP contribution in [-0.4, -0.2) is 19.0 Å². The minimum absolute atomic E-state index is 0.192. The number of ether oxygens (including phenoxy) is 2. The van der Waals surface area contributed by atoms with Gasteiger partial charge in [0, 0.05) is 5.41 Å². The maximum Gasteiger partial charge on any atom is 0.119 e. The predicted molar refractivity (Wildman–Crippen MR) is 73.4 cm³/mol. The molecule has 4 nitrogen and oxygen atoms in total. The minimum Gasteiger partial charge on any atom is -0.494 e. The molecule has 0 fully saturated rings. The highest BCUT2D eigenvalue weighted by Gasteiger charge is 2.21. The van der Waals surface area contributed by atoms with Crippen LogP contribution >= 0.6 is 0 Å². The van der Waals surface area contributed by atoms with E-state index in [2.05, 4.69) is 0 Å². The zero-order chi connectivity index (χ0) is 13.6.